The Balaban J connectivity index is 1.28. The minimum atomic E-state index is -0.254. The zero-order chi connectivity index (χ0) is 20.6. The zero-order valence-electron chi connectivity index (χ0n) is 17.8. The molecule has 2 aromatic carbocycles. The summed E-state index contributed by atoms with van der Waals surface area (Å²) >= 11 is 0. The number of carbonyl (C=O) groups excluding carboxylic acids is 1. The summed E-state index contributed by atoms with van der Waals surface area (Å²) in [6.07, 6.45) is 7.74. The van der Waals surface area contributed by atoms with E-state index in [0.717, 1.165) is 32.5 Å². The lowest BCUT2D eigenvalue weighted by Gasteiger charge is -2.34. The highest BCUT2D eigenvalue weighted by atomic mass is 16.6. The van der Waals surface area contributed by atoms with Gasteiger partial charge in [0.2, 0.25) is 0 Å². The molecule has 1 saturated carbocycles. The number of likely N-dealkylation sites (tertiary alicyclic amines) is 1. The summed E-state index contributed by atoms with van der Waals surface area (Å²) in [5.41, 5.74) is 2.53. The van der Waals surface area contributed by atoms with Gasteiger partial charge in [0.25, 0.3) is 0 Å². The highest BCUT2D eigenvalue weighted by Gasteiger charge is 2.28. The Morgan fingerprint density at radius 2 is 1.53 bits per heavy atom. The van der Waals surface area contributed by atoms with Crippen LogP contribution in [0.3, 0.4) is 0 Å². The van der Waals surface area contributed by atoms with E-state index in [4.69, 9.17) is 4.74 Å². The van der Waals surface area contributed by atoms with Crippen molar-refractivity contribution in [1.29, 1.82) is 0 Å². The van der Waals surface area contributed by atoms with Crippen molar-refractivity contribution in [3.63, 3.8) is 0 Å². The van der Waals surface area contributed by atoms with Crippen molar-refractivity contribution < 1.29 is 9.53 Å². The van der Waals surface area contributed by atoms with Crippen molar-refractivity contribution >= 4 is 6.09 Å². The Bertz CT molecular complexity index is 766. The number of nitrogens with zero attached hydrogens (tertiary/aromatic N) is 1. The molecule has 1 aliphatic heterocycles. The minimum absolute atomic E-state index is 0.0137. The number of nitrogens with one attached hydrogen (secondary N) is 1. The van der Waals surface area contributed by atoms with E-state index in [9.17, 15) is 4.79 Å². The SMILES string of the molecule is O=C(NC(c1ccccc1)C1CCCCC1)OC1CCN(Cc2ccccc2)CC1. The predicted molar refractivity (Wildman–Crippen MR) is 120 cm³/mol. The first kappa shape index (κ1) is 20.9. The van der Waals surface area contributed by atoms with Crippen LogP contribution in [0.15, 0.2) is 60.7 Å². The predicted octanol–water partition coefficient (Wildman–Crippen LogP) is 5.70. The van der Waals surface area contributed by atoms with Crippen LogP contribution < -0.4 is 5.32 Å². The number of rotatable bonds is 6. The molecule has 2 aromatic rings. The molecule has 0 radical (unpaired) electrons. The first-order valence-electron chi connectivity index (χ1n) is 11.6. The van der Waals surface area contributed by atoms with Gasteiger partial charge in [0.1, 0.15) is 6.10 Å². The zero-order valence-corrected chi connectivity index (χ0v) is 17.8. The van der Waals surface area contributed by atoms with Crippen LogP contribution in [0.5, 0.6) is 0 Å². The molecule has 2 aliphatic rings. The molecule has 1 atom stereocenters. The molecule has 4 heteroatoms. The molecular weight excluding hydrogens is 372 g/mol. The highest BCUT2D eigenvalue weighted by Crippen LogP contribution is 2.34. The van der Waals surface area contributed by atoms with Gasteiger partial charge in [-0.15, -0.1) is 0 Å². The Morgan fingerprint density at radius 3 is 2.20 bits per heavy atom. The molecule has 30 heavy (non-hydrogen) atoms. The molecule has 1 aliphatic carbocycles. The lowest BCUT2D eigenvalue weighted by molar-refractivity contribution is 0.0449. The number of amides is 1. The summed E-state index contributed by atoms with van der Waals surface area (Å²) in [7, 11) is 0. The number of piperidine rings is 1. The van der Waals surface area contributed by atoms with E-state index in [-0.39, 0.29) is 18.2 Å². The maximum absolute atomic E-state index is 12.8. The summed E-state index contributed by atoms with van der Waals surface area (Å²) in [5, 5.41) is 3.23. The Labute approximate surface area is 180 Å². The van der Waals surface area contributed by atoms with Gasteiger partial charge >= 0.3 is 6.09 Å². The number of ether oxygens (including phenoxy) is 1. The van der Waals surface area contributed by atoms with E-state index in [2.05, 4.69) is 64.8 Å². The van der Waals surface area contributed by atoms with Crippen LogP contribution in [0.4, 0.5) is 4.79 Å². The summed E-state index contributed by atoms with van der Waals surface area (Å²) in [5.74, 6) is 0.501. The van der Waals surface area contributed by atoms with Gasteiger partial charge in [-0.3, -0.25) is 4.90 Å². The third kappa shape index (κ3) is 5.85. The van der Waals surface area contributed by atoms with Crippen LogP contribution in [0.1, 0.15) is 62.1 Å². The van der Waals surface area contributed by atoms with E-state index in [0.29, 0.717) is 5.92 Å². The fraction of sp³-hybridized carbons (Fsp3) is 0.500. The van der Waals surface area contributed by atoms with E-state index >= 15 is 0 Å². The quantitative estimate of drug-likeness (QED) is 0.669. The molecule has 1 heterocycles. The van der Waals surface area contributed by atoms with Crippen molar-refractivity contribution in [2.24, 2.45) is 5.92 Å². The molecule has 0 spiro atoms. The average molecular weight is 407 g/mol. The third-order valence-electron chi connectivity index (χ3n) is 6.61. The van der Waals surface area contributed by atoms with Gasteiger partial charge in [-0.2, -0.15) is 0 Å². The van der Waals surface area contributed by atoms with E-state index in [1.165, 1.54) is 43.2 Å². The Morgan fingerprint density at radius 1 is 0.900 bits per heavy atom. The van der Waals surface area contributed by atoms with Crippen molar-refractivity contribution in [1.82, 2.24) is 10.2 Å². The lowest BCUT2D eigenvalue weighted by Crippen LogP contribution is -2.41. The molecule has 2 fully saturated rings. The average Bonchev–Trinajstić information content (AvgIpc) is 2.81. The number of hydrogen-bond donors (Lipinski definition) is 1. The van der Waals surface area contributed by atoms with Crippen molar-refractivity contribution in [3.05, 3.63) is 71.8 Å². The smallest absolute Gasteiger partial charge is 0.407 e. The van der Waals surface area contributed by atoms with Gasteiger partial charge in [-0.1, -0.05) is 79.9 Å². The van der Waals surface area contributed by atoms with Crippen LogP contribution in [0.2, 0.25) is 0 Å². The monoisotopic (exact) mass is 406 g/mol. The Kier molecular flexibility index (Phi) is 7.41. The molecule has 1 amide bonds. The van der Waals surface area contributed by atoms with Gasteiger partial charge in [0, 0.05) is 19.6 Å². The molecule has 1 N–H and O–H groups in total. The Hall–Kier alpha value is -2.33. The number of alkyl carbamates (subject to hydrolysis) is 1. The van der Waals surface area contributed by atoms with Crippen molar-refractivity contribution in [3.8, 4) is 0 Å². The van der Waals surface area contributed by atoms with Crippen LogP contribution in [0.25, 0.3) is 0 Å². The summed E-state index contributed by atoms with van der Waals surface area (Å²) < 4.78 is 5.86. The van der Waals surface area contributed by atoms with Crippen LogP contribution in [0, 0.1) is 5.92 Å². The van der Waals surface area contributed by atoms with Gasteiger partial charge in [-0.25, -0.2) is 4.79 Å². The standard InChI is InChI=1S/C26H34N2O2/c29-26(27-25(22-12-6-2-7-13-22)23-14-8-3-9-15-23)30-24-16-18-28(19-17-24)20-21-10-4-1-5-11-21/h1-2,4-7,10-13,23-25H,3,8-9,14-20H2,(H,27,29). The highest BCUT2D eigenvalue weighted by molar-refractivity contribution is 5.68. The minimum Gasteiger partial charge on any atom is -0.446 e. The second kappa shape index (κ2) is 10.6. The number of carbonyl (C=O) groups is 1. The normalized spacial score (nSPS) is 19.9. The third-order valence-corrected chi connectivity index (χ3v) is 6.61. The summed E-state index contributed by atoms with van der Waals surface area (Å²) in [4.78, 5) is 15.2. The van der Waals surface area contributed by atoms with Crippen LogP contribution >= 0.6 is 0 Å². The molecule has 0 bridgehead atoms. The van der Waals surface area contributed by atoms with E-state index in [1.54, 1.807) is 0 Å². The molecule has 4 nitrogen and oxygen atoms in total. The molecule has 1 unspecified atom stereocenters. The van der Waals surface area contributed by atoms with E-state index < -0.39 is 0 Å². The van der Waals surface area contributed by atoms with Gasteiger partial charge in [-0.05, 0) is 42.7 Å². The van der Waals surface area contributed by atoms with Crippen LogP contribution in [-0.2, 0) is 11.3 Å². The second-order valence-electron chi connectivity index (χ2n) is 8.80. The molecule has 160 valence electrons. The van der Waals surface area contributed by atoms with Gasteiger partial charge in [0.05, 0.1) is 6.04 Å². The molecule has 1 saturated heterocycles. The maximum Gasteiger partial charge on any atom is 0.407 e. The first-order valence-corrected chi connectivity index (χ1v) is 11.6. The number of benzene rings is 2. The summed E-state index contributed by atoms with van der Waals surface area (Å²) in [6, 6.07) is 21.0. The van der Waals surface area contributed by atoms with E-state index in [1.807, 2.05) is 6.07 Å². The largest absolute Gasteiger partial charge is 0.446 e. The maximum atomic E-state index is 12.8. The molecular formula is C26H34N2O2. The van der Waals surface area contributed by atoms with Gasteiger partial charge in [0.15, 0.2) is 0 Å². The number of hydrogen-bond acceptors (Lipinski definition) is 3. The fourth-order valence-corrected chi connectivity index (χ4v) is 4.94. The summed E-state index contributed by atoms with van der Waals surface area (Å²) in [6.45, 7) is 2.91. The van der Waals surface area contributed by atoms with Crippen molar-refractivity contribution in [2.75, 3.05) is 13.1 Å². The van der Waals surface area contributed by atoms with Crippen molar-refractivity contribution in [2.45, 2.75) is 63.6 Å². The molecule has 4 rings (SSSR count). The fourth-order valence-electron chi connectivity index (χ4n) is 4.94. The van der Waals surface area contributed by atoms with Gasteiger partial charge < -0.3 is 10.1 Å². The van der Waals surface area contributed by atoms with Crippen LogP contribution in [-0.4, -0.2) is 30.2 Å². The topological polar surface area (TPSA) is 41.6 Å². The lowest BCUT2D eigenvalue weighted by atomic mass is 9.81. The first-order chi connectivity index (χ1) is 14.8. The second-order valence-corrected chi connectivity index (χ2v) is 8.80. The molecule has 0 aromatic heterocycles.